The molecule has 2 atom stereocenters. The molecule has 2 nitrogen and oxygen atoms in total. The lowest BCUT2D eigenvalue weighted by Gasteiger charge is -2.41. The Kier molecular flexibility index (Phi) is 6.65. The van der Waals surface area contributed by atoms with E-state index < -0.39 is 0 Å². The molecule has 0 aromatic heterocycles. The van der Waals surface area contributed by atoms with Crippen molar-refractivity contribution in [3.8, 4) is 0 Å². The van der Waals surface area contributed by atoms with Crippen molar-refractivity contribution in [2.24, 2.45) is 11.3 Å². The molecule has 0 radical (unpaired) electrons. The molecule has 2 unspecified atom stereocenters. The summed E-state index contributed by atoms with van der Waals surface area (Å²) in [7, 11) is 0. The number of rotatable bonds is 6. The van der Waals surface area contributed by atoms with Crippen molar-refractivity contribution >= 4 is 0 Å². The van der Waals surface area contributed by atoms with E-state index in [1.165, 1.54) is 45.3 Å². The Morgan fingerprint density at radius 2 is 1.67 bits per heavy atom. The Labute approximate surface area is 115 Å². The minimum Gasteiger partial charge on any atom is -0.312 e. The molecule has 0 bridgehead atoms. The Morgan fingerprint density at radius 3 is 2.22 bits per heavy atom. The summed E-state index contributed by atoms with van der Waals surface area (Å²) in [5, 5.41) is 3.84. The van der Waals surface area contributed by atoms with Crippen LogP contribution in [0.3, 0.4) is 0 Å². The highest BCUT2D eigenvalue weighted by Crippen LogP contribution is 2.37. The summed E-state index contributed by atoms with van der Waals surface area (Å²) in [6.45, 7) is 16.4. The van der Waals surface area contributed by atoms with Crippen LogP contribution in [-0.2, 0) is 0 Å². The smallest absolute Gasteiger partial charge is 0.0107 e. The Morgan fingerprint density at radius 1 is 1.06 bits per heavy atom. The Bertz CT molecular complexity index is 216. The number of hydrogen-bond acceptors (Lipinski definition) is 2. The van der Waals surface area contributed by atoms with Gasteiger partial charge in [-0.3, -0.25) is 0 Å². The van der Waals surface area contributed by atoms with Crippen molar-refractivity contribution in [1.82, 2.24) is 10.2 Å². The van der Waals surface area contributed by atoms with E-state index in [2.05, 4.69) is 44.8 Å². The monoisotopic (exact) mass is 254 g/mol. The summed E-state index contributed by atoms with van der Waals surface area (Å²) in [6, 6.07) is 0.745. The molecule has 1 rings (SSSR count). The van der Waals surface area contributed by atoms with Gasteiger partial charge in [-0.25, -0.2) is 0 Å². The minimum atomic E-state index is 0.452. The molecule has 0 heterocycles. The first kappa shape index (κ1) is 16.0. The number of likely N-dealkylation sites (N-methyl/N-ethyl adjacent to an activating group) is 1. The standard InChI is InChI=1S/C16H34N2/c1-6-18(7-2)13-12-17-15-11-9-8-10-14(15)16(3,4)5/h14-15,17H,6-13H2,1-5H3. The van der Waals surface area contributed by atoms with Crippen LogP contribution in [0.25, 0.3) is 0 Å². The highest BCUT2D eigenvalue weighted by Gasteiger charge is 2.33. The number of hydrogen-bond donors (Lipinski definition) is 1. The van der Waals surface area contributed by atoms with E-state index in [1.807, 2.05) is 0 Å². The van der Waals surface area contributed by atoms with Gasteiger partial charge in [-0.15, -0.1) is 0 Å². The fraction of sp³-hybridized carbons (Fsp3) is 1.00. The lowest BCUT2D eigenvalue weighted by Crippen LogP contribution is -2.46. The van der Waals surface area contributed by atoms with Crippen LogP contribution < -0.4 is 5.32 Å². The van der Waals surface area contributed by atoms with Crippen molar-refractivity contribution in [2.75, 3.05) is 26.2 Å². The predicted octanol–water partition coefficient (Wildman–Crippen LogP) is 3.52. The van der Waals surface area contributed by atoms with E-state index >= 15 is 0 Å². The Hall–Kier alpha value is -0.0800. The number of nitrogens with zero attached hydrogens (tertiary/aromatic N) is 1. The molecular weight excluding hydrogens is 220 g/mol. The first-order valence-electron chi connectivity index (χ1n) is 7.94. The highest BCUT2D eigenvalue weighted by molar-refractivity contribution is 4.88. The highest BCUT2D eigenvalue weighted by atomic mass is 15.1. The van der Waals surface area contributed by atoms with Gasteiger partial charge in [-0.05, 0) is 37.3 Å². The summed E-state index contributed by atoms with van der Waals surface area (Å²) >= 11 is 0. The van der Waals surface area contributed by atoms with Gasteiger partial charge in [-0.2, -0.15) is 0 Å². The van der Waals surface area contributed by atoms with Crippen LogP contribution in [0.15, 0.2) is 0 Å². The van der Waals surface area contributed by atoms with Gasteiger partial charge in [0.2, 0.25) is 0 Å². The maximum Gasteiger partial charge on any atom is 0.0107 e. The van der Waals surface area contributed by atoms with Gasteiger partial charge in [0, 0.05) is 19.1 Å². The summed E-state index contributed by atoms with van der Waals surface area (Å²) < 4.78 is 0. The lowest BCUT2D eigenvalue weighted by molar-refractivity contribution is 0.128. The first-order chi connectivity index (χ1) is 8.49. The fourth-order valence-corrected chi connectivity index (χ4v) is 3.36. The Balaban J connectivity index is 2.38. The van der Waals surface area contributed by atoms with Crippen LogP contribution >= 0.6 is 0 Å². The second-order valence-electron chi connectivity index (χ2n) is 6.84. The average molecular weight is 254 g/mol. The molecule has 0 amide bonds. The zero-order valence-electron chi connectivity index (χ0n) is 13.3. The molecular formula is C16H34N2. The molecule has 0 aromatic carbocycles. The summed E-state index contributed by atoms with van der Waals surface area (Å²) in [4.78, 5) is 2.50. The molecule has 0 aliphatic heterocycles. The van der Waals surface area contributed by atoms with Crippen LogP contribution in [-0.4, -0.2) is 37.1 Å². The molecule has 18 heavy (non-hydrogen) atoms. The quantitative estimate of drug-likeness (QED) is 0.780. The van der Waals surface area contributed by atoms with Crippen molar-refractivity contribution in [3.05, 3.63) is 0 Å². The molecule has 1 aliphatic carbocycles. The van der Waals surface area contributed by atoms with Crippen LogP contribution in [0.2, 0.25) is 0 Å². The molecule has 2 heteroatoms. The van der Waals surface area contributed by atoms with Crippen LogP contribution in [0.5, 0.6) is 0 Å². The van der Waals surface area contributed by atoms with Gasteiger partial charge in [0.05, 0.1) is 0 Å². The minimum absolute atomic E-state index is 0.452. The molecule has 1 aliphatic rings. The fourth-order valence-electron chi connectivity index (χ4n) is 3.36. The van der Waals surface area contributed by atoms with E-state index in [-0.39, 0.29) is 0 Å². The maximum absolute atomic E-state index is 3.84. The molecule has 0 aromatic rings. The zero-order valence-corrected chi connectivity index (χ0v) is 13.3. The molecule has 1 fully saturated rings. The van der Waals surface area contributed by atoms with Gasteiger partial charge < -0.3 is 10.2 Å². The second kappa shape index (κ2) is 7.49. The summed E-state index contributed by atoms with van der Waals surface area (Å²) in [5.74, 6) is 0.850. The van der Waals surface area contributed by atoms with Crippen LogP contribution in [0, 0.1) is 11.3 Å². The van der Waals surface area contributed by atoms with Crippen molar-refractivity contribution in [3.63, 3.8) is 0 Å². The van der Waals surface area contributed by atoms with Gasteiger partial charge >= 0.3 is 0 Å². The van der Waals surface area contributed by atoms with E-state index in [9.17, 15) is 0 Å². The van der Waals surface area contributed by atoms with E-state index in [1.54, 1.807) is 0 Å². The zero-order chi connectivity index (χ0) is 13.6. The average Bonchev–Trinajstić information content (AvgIpc) is 2.34. The normalized spacial score (nSPS) is 25.7. The maximum atomic E-state index is 3.84. The summed E-state index contributed by atoms with van der Waals surface area (Å²) in [6.07, 6.45) is 5.62. The third-order valence-corrected chi connectivity index (χ3v) is 4.61. The van der Waals surface area contributed by atoms with Crippen molar-refractivity contribution in [1.29, 1.82) is 0 Å². The van der Waals surface area contributed by atoms with Crippen LogP contribution in [0.1, 0.15) is 60.3 Å². The predicted molar refractivity (Wildman–Crippen MR) is 81.0 cm³/mol. The third-order valence-electron chi connectivity index (χ3n) is 4.61. The molecule has 1 N–H and O–H groups in total. The van der Waals surface area contributed by atoms with Gasteiger partial charge in [0.25, 0.3) is 0 Å². The van der Waals surface area contributed by atoms with E-state index in [0.717, 1.165) is 18.5 Å². The molecule has 1 saturated carbocycles. The second-order valence-corrected chi connectivity index (χ2v) is 6.84. The largest absolute Gasteiger partial charge is 0.312 e. The molecule has 108 valence electrons. The van der Waals surface area contributed by atoms with Gasteiger partial charge in [-0.1, -0.05) is 47.5 Å². The lowest BCUT2D eigenvalue weighted by atomic mass is 9.69. The SMILES string of the molecule is CCN(CC)CCNC1CCCCC1C(C)(C)C. The third kappa shape index (κ3) is 4.89. The van der Waals surface area contributed by atoms with Gasteiger partial charge in [0.1, 0.15) is 0 Å². The molecule has 0 saturated heterocycles. The topological polar surface area (TPSA) is 15.3 Å². The number of nitrogens with one attached hydrogen (secondary N) is 1. The summed E-state index contributed by atoms with van der Waals surface area (Å²) in [5.41, 5.74) is 0.452. The van der Waals surface area contributed by atoms with Crippen LogP contribution in [0.4, 0.5) is 0 Å². The molecule has 0 spiro atoms. The van der Waals surface area contributed by atoms with Crippen molar-refractivity contribution < 1.29 is 0 Å². The first-order valence-corrected chi connectivity index (χ1v) is 7.94. The van der Waals surface area contributed by atoms with Crippen molar-refractivity contribution in [2.45, 2.75) is 66.3 Å². The van der Waals surface area contributed by atoms with Gasteiger partial charge in [0.15, 0.2) is 0 Å². The van der Waals surface area contributed by atoms with E-state index in [4.69, 9.17) is 0 Å². The van der Waals surface area contributed by atoms with E-state index in [0.29, 0.717) is 5.41 Å².